The Hall–Kier alpha value is -1.58. The molecule has 0 bridgehead atoms. The molecule has 0 aromatic carbocycles. The van der Waals surface area contributed by atoms with Gasteiger partial charge in [-0.15, -0.1) is 0 Å². The van der Waals surface area contributed by atoms with Gasteiger partial charge in [-0.3, -0.25) is 0 Å². The van der Waals surface area contributed by atoms with Crippen molar-refractivity contribution in [1.29, 1.82) is 0 Å². The van der Waals surface area contributed by atoms with Crippen LogP contribution in [0.1, 0.15) is 12.7 Å². The van der Waals surface area contributed by atoms with Crippen LogP contribution in [-0.2, 0) is 0 Å². The van der Waals surface area contributed by atoms with Crippen LogP contribution >= 0.6 is 0 Å². The van der Waals surface area contributed by atoms with Crippen LogP contribution in [0.3, 0.4) is 0 Å². The maximum Gasteiger partial charge on any atom is 0.318 e. The molecule has 0 aliphatic rings. The highest BCUT2D eigenvalue weighted by molar-refractivity contribution is 5.62. The fraction of sp³-hybridized carbons (Fsp3) is 0.111. The number of halogens is 2. The SMILES string of the molecule is C=COc1c(C(=C)C)oc(F)c1F. The molecule has 0 spiro atoms. The number of furan rings is 1. The minimum Gasteiger partial charge on any atom is -0.458 e. The Morgan fingerprint density at radius 1 is 1.54 bits per heavy atom. The number of hydrogen-bond acceptors (Lipinski definition) is 2. The second-order valence-corrected chi connectivity index (χ2v) is 2.41. The maximum atomic E-state index is 12.9. The average Bonchev–Trinajstić information content (AvgIpc) is 2.33. The highest BCUT2D eigenvalue weighted by Crippen LogP contribution is 2.32. The molecule has 13 heavy (non-hydrogen) atoms. The van der Waals surface area contributed by atoms with Crippen molar-refractivity contribution in [3.8, 4) is 5.75 Å². The topological polar surface area (TPSA) is 22.4 Å². The minimum atomic E-state index is -1.31. The summed E-state index contributed by atoms with van der Waals surface area (Å²) in [6, 6.07) is -1.31. The van der Waals surface area contributed by atoms with E-state index in [2.05, 4.69) is 22.3 Å². The van der Waals surface area contributed by atoms with E-state index in [-0.39, 0.29) is 11.5 Å². The van der Waals surface area contributed by atoms with E-state index >= 15 is 0 Å². The van der Waals surface area contributed by atoms with Crippen LogP contribution < -0.4 is 4.74 Å². The lowest BCUT2D eigenvalue weighted by atomic mass is 10.2. The number of hydrogen-bond donors (Lipinski definition) is 0. The van der Waals surface area contributed by atoms with E-state index in [1.807, 2.05) is 0 Å². The van der Waals surface area contributed by atoms with Gasteiger partial charge in [-0.2, -0.15) is 8.78 Å². The summed E-state index contributed by atoms with van der Waals surface area (Å²) < 4.78 is 34.6. The summed E-state index contributed by atoms with van der Waals surface area (Å²) in [7, 11) is 0. The minimum absolute atomic E-state index is 0.0464. The van der Waals surface area contributed by atoms with E-state index in [1.165, 1.54) is 0 Å². The zero-order chi connectivity index (χ0) is 10.0. The Bertz CT molecular complexity index is 353. The van der Waals surface area contributed by atoms with Gasteiger partial charge in [0.25, 0.3) is 0 Å². The maximum absolute atomic E-state index is 12.9. The van der Waals surface area contributed by atoms with E-state index < -0.39 is 11.8 Å². The van der Waals surface area contributed by atoms with Crippen LogP contribution in [0.15, 0.2) is 23.8 Å². The molecule has 1 rings (SSSR count). The molecule has 0 saturated carbocycles. The van der Waals surface area contributed by atoms with E-state index in [0.29, 0.717) is 5.57 Å². The molecule has 0 N–H and O–H groups in total. The van der Waals surface area contributed by atoms with Crippen LogP contribution in [0.2, 0.25) is 0 Å². The highest BCUT2D eigenvalue weighted by atomic mass is 19.2. The quantitative estimate of drug-likeness (QED) is 0.676. The Morgan fingerprint density at radius 2 is 2.15 bits per heavy atom. The third kappa shape index (κ3) is 1.61. The van der Waals surface area contributed by atoms with Gasteiger partial charge >= 0.3 is 6.01 Å². The molecular weight excluding hydrogens is 178 g/mol. The second kappa shape index (κ2) is 3.43. The van der Waals surface area contributed by atoms with Gasteiger partial charge in [0.05, 0.1) is 6.26 Å². The first-order valence-corrected chi connectivity index (χ1v) is 3.49. The fourth-order valence-electron chi connectivity index (χ4n) is 0.839. The van der Waals surface area contributed by atoms with Gasteiger partial charge in [-0.1, -0.05) is 13.2 Å². The first-order valence-electron chi connectivity index (χ1n) is 3.49. The Kier molecular flexibility index (Phi) is 2.51. The summed E-state index contributed by atoms with van der Waals surface area (Å²) in [5.74, 6) is -1.53. The summed E-state index contributed by atoms with van der Waals surface area (Å²) >= 11 is 0. The molecule has 0 saturated heterocycles. The predicted octanol–water partition coefficient (Wildman–Crippen LogP) is 3.11. The zero-order valence-corrected chi connectivity index (χ0v) is 7.06. The normalized spacial score (nSPS) is 9.77. The summed E-state index contributed by atoms with van der Waals surface area (Å²) in [6.07, 6.45) is 0.986. The molecule has 0 aliphatic heterocycles. The smallest absolute Gasteiger partial charge is 0.318 e. The molecular formula is C9H8F2O2. The van der Waals surface area contributed by atoms with Crippen LogP contribution in [0.4, 0.5) is 8.78 Å². The van der Waals surface area contributed by atoms with Gasteiger partial charge in [-0.25, -0.2) is 0 Å². The first-order chi connectivity index (χ1) is 6.07. The first kappa shape index (κ1) is 9.51. The summed E-state index contributed by atoms with van der Waals surface area (Å²) in [6.45, 7) is 8.25. The lowest BCUT2D eigenvalue weighted by molar-refractivity contribution is 0.322. The molecule has 1 aromatic heterocycles. The van der Waals surface area contributed by atoms with E-state index in [4.69, 9.17) is 0 Å². The third-order valence-corrected chi connectivity index (χ3v) is 1.36. The third-order valence-electron chi connectivity index (χ3n) is 1.36. The van der Waals surface area contributed by atoms with Crippen molar-refractivity contribution in [1.82, 2.24) is 0 Å². The van der Waals surface area contributed by atoms with Crippen LogP contribution in [0.5, 0.6) is 5.75 Å². The summed E-state index contributed by atoms with van der Waals surface area (Å²) in [5.41, 5.74) is 0.375. The summed E-state index contributed by atoms with van der Waals surface area (Å²) in [4.78, 5) is 0. The van der Waals surface area contributed by atoms with E-state index in [9.17, 15) is 8.78 Å². The lowest BCUT2D eigenvalue weighted by Crippen LogP contribution is -1.86. The van der Waals surface area contributed by atoms with Crippen LogP contribution in [0, 0.1) is 11.8 Å². The molecule has 70 valence electrons. The van der Waals surface area contributed by atoms with Crippen molar-refractivity contribution in [2.45, 2.75) is 6.92 Å². The van der Waals surface area contributed by atoms with Gasteiger partial charge < -0.3 is 9.15 Å². The molecule has 0 unspecified atom stereocenters. The van der Waals surface area contributed by atoms with Gasteiger partial charge in [0.1, 0.15) is 0 Å². The number of ether oxygens (including phenoxy) is 1. The van der Waals surface area contributed by atoms with Crippen molar-refractivity contribution in [2.24, 2.45) is 0 Å². The standard InChI is InChI=1S/C9H8F2O2/c1-4-12-8-6(10)9(11)13-7(8)5(2)3/h4H,1-2H2,3H3. The molecule has 2 nitrogen and oxygen atoms in total. The highest BCUT2D eigenvalue weighted by Gasteiger charge is 2.21. The van der Waals surface area contributed by atoms with E-state index in [0.717, 1.165) is 6.26 Å². The van der Waals surface area contributed by atoms with Crippen molar-refractivity contribution < 1.29 is 17.9 Å². The van der Waals surface area contributed by atoms with Gasteiger partial charge in [0.2, 0.25) is 11.6 Å². The second-order valence-electron chi connectivity index (χ2n) is 2.41. The van der Waals surface area contributed by atoms with Gasteiger partial charge in [0.15, 0.2) is 5.76 Å². The van der Waals surface area contributed by atoms with Crippen LogP contribution in [-0.4, -0.2) is 0 Å². The predicted molar refractivity (Wildman–Crippen MR) is 44.2 cm³/mol. The summed E-state index contributed by atoms with van der Waals surface area (Å²) in [5, 5.41) is 0. The largest absolute Gasteiger partial charge is 0.458 e. The van der Waals surface area contributed by atoms with Crippen LogP contribution in [0.25, 0.3) is 5.57 Å². The number of rotatable bonds is 3. The molecule has 0 amide bonds. The Labute approximate surface area is 74.1 Å². The van der Waals surface area contributed by atoms with Gasteiger partial charge in [-0.05, 0) is 12.5 Å². The molecule has 0 aliphatic carbocycles. The average molecular weight is 186 g/mol. The molecule has 0 radical (unpaired) electrons. The molecule has 0 atom stereocenters. The Morgan fingerprint density at radius 3 is 2.62 bits per heavy atom. The van der Waals surface area contributed by atoms with Crippen molar-refractivity contribution in [2.75, 3.05) is 0 Å². The van der Waals surface area contributed by atoms with Crippen molar-refractivity contribution in [3.63, 3.8) is 0 Å². The van der Waals surface area contributed by atoms with Crippen molar-refractivity contribution >= 4 is 5.57 Å². The molecule has 1 aromatic rings. The lowest BCUT2D eigenvalue weighted by Gasteiger charge is -1.98. The molecule has 1 heterocycles. The van der Waals surface area contributed by atoms with E-state index in [1.54, 1.807) is 6.92 Å². The zero-order valence-electron chi connectivity index (χ0n) is 7.06. The monoisotopic (exact) mass is 186 g/mol. The fourth-order valence-corrected chi connectivity index (χ4v) is 0.839. The Balaban J connectivity index is 3.25. The number of allylic oxidation sites excluding steroid dienone is 1. The molecule has 4 heteroatoms. The van der Waals surface area contributed by atoms with Crippen molar-refractivity contribution in [3.05, 3.63) is 37.0 Å². The molecule has 0 fully saturated rings. The van der Waals surface area contributed by atoms with Gasteiger partial charge in [0, 0.05) is 0 Å².